The molecule has 35 heavy (non-hydrogen) atoms. The number of anilines is 1. The SMILES string of the molecule is CCOc1c(Br)cc(C2C(C(=O)OCc3ccccc3)=C(C)Nc3nc(SCC)nn32)cc1OC. The number of carbonyl (C=O) groups is 1. The summed E-state index contributed by atoms with van der Waals surface area (Å²) in [6, 6.07) is 12.8. The van der Waals surface area contributed by atoms with Gasteiger partial charge in [0.2, 0.25) is 11.1 Å². The first-order chi connectivity index (χ1) is 17.0. The molecular weight excluding hydrogens is 532 g/mol. The van der Waals surface area contributed by atoms with Gasteiger partial charge in [-0.3, -0.25) is 0 Å². The molecule has 3 aromatic rings. The Morgan fingerprint density at radius 2 is 2.00 bits per heavy atom. The topological polar surface area (TPSA) is 87.5 Å². The first-order valence-electron chi connectivity index (χ1n) is 11.2. The lowest BCUT2D eigenvalue weighted by atomic mass is 9.95. The Labute approximate surface area is 217 Å². The number of nitrogens with one attached hydrogen (secondary N) is 1. The molecular formula is C25H27BrN4O4S. The van der Waals surface area contributed by atoms with Crippen LogP contribution in [0.4, 0.5) is 5.95 Å². The van der Waals surface area contributed by atoms with E-state index < -0.39 is 12.0 Å². The molecule has 0 spiro atoms. The molecule has 0 aliphatic carbocycles. The van der Waals surface area contributed by atoms with E-state index >= 15 is 0 Å². The molecule has 1 aliphatic rings. The molecule has 0 amide bonds. The summed E-state index contributed by atoms with van der Waals surface area (Å²) in [7, 11) is 1.59. The highest BCUT2D eigenvalue weighted by molar-refractivity contribution is 9.10. The number of allylic oxidation sites excluding steroid dienone is 1. The van der Waals surface area contributed by atoms with E-state index in [9.17, 15) is 4.79 Å². The van der Waals surface area contributed by atoms with Crippen molar-refractivity contribution in [3.05, 3.63) is 69.3 Å². The van der Waals surface area contributed by atoms with Gasteiger partial charge in [0.05, 0.1) is 23.8 Å². The van der Waals surface area contributed by atoms with Gasteiger partial charge in [-0.25, -0.2) is 9.48 Å². The van der Waals surface area contributed by atoms with Gasteiger partial charge in [0.25, 0.3) is 0 Å². The lowest BCUT2D eigenvalue weighted by Gasteiger charge is -2.28. The van der Waals surface area contributed by atoms with Crippen LogP contribution in [0.15, 0.2) is 63.4 Å². The van der Waals surface area contributed by atoms with Crippen LogP contribution in [-0.2, 0) is 16.1 Å². The van der Waals surface area contributed by atoms with Crippen molar-refractivity contribution >= 4 is 39.6 Å². The van der Waals surface area contributed by atoms with Crippen LogP contribution in [0.2, 0.25) is 0 Å². The lowest BCUT2D eigenvalue weighted by Crippen LogP contribution is -2.29. The maximum absolute atomic E-state index is 13.5. The number of benzene rings is 2. The van der Waals surface area contributed by atoms with Crippen LogP contribution in [0.1, 0.15) is 37.9 Å². The van der Waals surface area contributed by atoms with E-state index in [0.29, 0.717) is 45.0 Å². The van der Waals surface area contributed by atoms with Crippen LogP contribution in [0.5, 0.6) is 11.5 Å². The molecule has 0 fully saturated rings. The first kappa shape index (κ1) is 25.1. The molecule has 1 atom stereocenters. The minimum atomic E-state index is -0.575. The number of methoxy groups -OCH3 is 1. The molecule has 1 unspecified atom stereocenters. The van der Waals surface area contributed by atoms with Crippen molar-refractivity contribution in [2.24, 2.45) is 0 Å². The summed E-state index contributed by atoms with van der Waals surface area (Å²) in [5, 5.41) is 8.56. The fourth-order valence-electron chi connectivity index (χ4n) is 3.88. The van der Waals surface area contributed by atoms with Gasteiger partial charge in [0.1, 0.15) is 12.6 Å². The minimum Gasteiger partial charge on any atom is -0.493 e. The largest absolute Gasteiger partial charge is 0.493 e. The summed E-state index contributed by atoms with van der Waals surface area (Å²) in [5.74, 6) is 2.11. The predicted octanol–water partition coefficient (Wildman–Crippen LogP) is 5.59. The van der Waals surface area contributed by atoms with Gasteiger partial charge in [-0.05, 0) is 58.8 Å². The van der Waals surface area contributed by atoms with E-state index in [-0.39, 0.29) is 6.61 Å². The van der Waals surface area contributed by atoms with Crippen LogP contribution in [0, 0.1) is 0 Å². The van der Waals surface area contributed by atoms with Crippen LogP contribution in [0.3, 0.4) is 0 Å². The summed E-state index contributed by atoms with van der Waals surface area (Å²) in [4.78, 5) is 18.1. The Hall–Kier alpha value is -2.98. The monoisotopic (exact) mass is 558 g/mol. The third-order valence-electron chi connectivity index (χ3n) is 5.40. The van der Waals surface area contributed by atoms with Crippen molar-refractivity contribution in [2.75, 3.05) is 24.8 Å². The summed E-state index contributed by atoms with van der Waals surface area (Å²) in [6.07, 6.45) is 0. The minimum absolute atomic E-state index is 0.167. The van der Waals surface area contributed by atoms with Crippen LogP contribution in [0.25, 0.3) is 0 Å². The maximum atomic E-state index is 13.5. The number of carbonyl (C=O) groups excluding carboxylic acids is 1. The molecule has 8 nitrogen and oxygen atoms in total. The van der Waals surface area contributed by atoms with Crippen LogP contribution in [-0.4, -0.2) is 40.2 Å². The molecule has 0 saturated heterocycles. The standard InChI is InChI=1S/C25H27BrN4O4S/c1-5-33-22-18(26)12-17(13-19(22)32-4)21-20(23(31)34-14-16-10-8-7-9-11-16)15(3)27-24-28-25(35-6-2)29-30(21)24/h7-13,21H,5-6,14H2,1-4H3,(H,27,28,29). The van der Waals surface area contributed by atoms with E-state index in [1.165, 1.54) is 11.8 Å². The molecule has 1 aliphatic heterocycles. The summed E-state index contributed by atoms with van der Waals surface area (Å²) in [5.41, 5.74) is 2.80. The Morgan fingerprint density at radius 3 is 2.69 bits per heavy atom. The van der Waals surface area contributed by atoms with Gasteiger partial charge in [-0.2, -0.15) is 4.98 Å². The van der Waals surface area contributed by atoms with Gasteiger partial charge < -0.3 is 19.5 Å². The highest BCUT2D eigenvalue weighted by atomic mass is 79.9. The molecule has 2 heterocycles. The molecule has 0 radical (unpaired) electrons. The van der Waals surface area contributed by atoms with Gasteiger partial charge in [-0.1, -0.05) is 49.0 Å². The van der Waals surface area contributed by atoms with Crippen molar-refractivity contribution < 1.29 is 19.0 Å². The van der Waals surface area contributed by atoms with Gasteiger partial charge in [0, 0.05) is 5.70 Å². The molecule has 4 rings (SSSR count). The molecule has 184 valence electrons. The molecule has 0 bridgehead atoms. The Bertz CT molecular complexity index is 1250. The fraction of sp³-hybridized carbons (Fsp3) is 0.320. The average Bonchev–Trinajstić information content (AvgIpc) is 3.25. The fourth-order valence-corrected chi connectivity index (χ4v) is 5.01. The number of aromatic nitrogens is 3. The zero-order valence-corrected chi connectivity index (χ0v) is 22.4. The molecule has 10 heteroatoms. The van der Waals surface area contributed by atoms with Gasteiger partial charge >= 0.3 is 5.97 Å². The lowest BCUT2D eigenvalue weighted by molar-refractivity contribution is -0.140. The Balaban J connectivity index is 1.78. The van der Waals surface area contributed by atoms with Crippen LogP contribution >= 0.6 is 27.7 Å². The highest BCUT2D eigenvalue weighted by Crippen LogP contribution is 2.43. The van der Waals surface area contributed by atoms with E-state index in [1.807, 2.05) is 63.2 Å². The summed E-state index contributed by atoms with van der Waals surface area (Å²) >= 11 is 5.14. The normalized spacial score (nSPS) is 14.8. The van der Waals surface area contributed by atoms with E-state index in [2.05, 4.69) is 26.2 Å². The summed E-state index contributed by atoms with van der Waals surface area (Å²) in [6.45, 7) is 6.45. The molecule has 1 N–H and O–H groups in total. The number of ether oxygens (including phenoxy) is 3. The highest BCUT2D eigenvalue weighted by Gasteiger charge is 2.36. The third-order valence-corrected chi connectivity index (χ3v) is 6.70. The number of esters is 1. The predicted molar refractivity (Wildman–Crippen MR) is 139 cm³/mol. The quantitative estimate of drug-likeness (QED) is 0.268. The molecule has 0 saturated carbocycles. The third kappa shape index (κ3) is 5.33. The molecule has 2 aromatic carbocycles. The Morgan fingerprint density at radius 1 is 1.23 bits per heavy atom. The van der Waals surface area contributed by atoms with E-state index in [1.54, 1.807) is 11.8 Å². The smallest absolute Gasteiger partial charge is 0.338 e. The number of hydrogen-bond acceptors (Lipinski definition) is 8. The first-order valence-corrected chi connectivity index (χ1v) is 13.0. The maximum Gasteiger partial charge on any atom is 0.338 e. The summed E-state index contributed by atoms with van der Waals surface area (Å²) < 4.78 is 19.6. The van der Waals surface area contributed by atoms with Crippen molar-refractivity contribution in [3.8, 4) is 11.5 Å². The van der Waals surface area contributed by atoms with Gasteiger partial charge in [0.15, 0.2) is 11.5 Å². The van der Waals surface area contributed by atoms with Crippen molar-refractivity contribution in [3.63, 3.8) is 0 Å². The second-order valence-electron chi connectivity index (χ2n) is 7.69. The van der Waals surface area contributed by atoms with E-state index in [4.69, 9.17) is 19.3 Å². The Kier molecular flexibility index (Phi) is 8.02. The second-order valence-corrected chi connectivity index (χ2v) is 9.78. The number of thioether (sulfide) groups is 1. The van der Waals surface area contributed by atoms with Gasteiger partial charge in [-0.15, -0.1) is 5.10 Å². The average molecular weight is 559 g/mol. The number of fused-ring (bicyclic) bond motifs is 1. The van der Waals surface area contributed by atoms with Crippen molar-refractivity contribution in [1.29, 1.82) is 0 Å². The van der Waals surface area contributed by atoms with Crippen LogP contribution < -0.4 is 14.8 Å². The van der Waals surface area contributed by atoms with Crippen molar-refractivity contribution in [1.82, 2.24) is 14.8 Å². The number of nitrogens with zero attached hydrogens (tertiary/aromatic N) is 3. The number of rotatable bonds is 9. The van der Waals surface area contributed by atoms with E-state index in [0.717, 1.165) is 16.9 Å². The second kappa shape index (κ2) is 11.2. The molecule has 1 aromatic heterocycles. The van der Waals surface area contributed by atoms with Crippen molar-refractivity contribution in [2.45, 2.75) is 38.6 Å². The zero-order chi connectivity index (χ0) is 24.9. The number of halogens is 1. The number of hydrogen-bond donors (Lipinski definition) is 1. The zero-order valence-electron chi connectivity index (χ0n) is 20.0.